The molecular weight excluding hydrogens is 318 g/mol. The third-order valence-corrected chi connectivity index (χ3v) is 4.48. The highest BCUT2D eigenvalue weighted by atomic mass is 16.5. The Balaban J connectivity index is 1.90. The molecule has 2 heterocycles. The standard InChI is InChI=1S/C19H21N3O3/c1-14(23)22-11-10-21(19(24)15-6-5-9-20-12-15)13-17(22)16-7-3-4-8-18(16)25-2/h3-9,12,17H,10-11,13H2,1-2H3/t17-/m0/s1. The summed E-state index contributed by atoms with van der Waals surface area (Å²) >= 11 is 0. The zero-order chi connectivity index (χ0) is 17.8. The molecule has 6 nitrogen and oxygen atoms in total. The predicted octanol–water partition coefficient (Wildman–Crippen LogP) is 2.14. The molecule has 1 saturated heterocycles. The lowest BCUT2D eigenvalue weighted by Gasteiger charge is -2.41. The van der Waals surface area contributed by atoms with E-state index in [9.17, 15) is 9.59 Å². The Morgan fingerprint density at radius 3 is 2.64 bits per heavy atom. The minimum Gasteiger partial charge on any atom is -0.496 e. The monoisotopic (exact) mass is 339 g/mol. The lowest BCUT2D eigenvalue weighted by atomic mass is 10.0. The summed E-state index contributed by atoms with van der Waals surface area (Å²) in [7, 11) is 1.61. The van der Waals surface area contributed by atoms with E-state index in [1.165, 1.54) is 0 Å². The Hall–Kier alpha value is -2.89. The summed E-state index contributed by atoms with van der Waals surface area (Å²) in [5, 5.41) is 0. The lowest BCUT2D eigenvalue weighted by molar-refractivity contribution is -0.133. The predicted molar refractivity (Wildman–Crippen MR) is 93.3 cm³/mol. The van der Waals surface area contributed by atoms with Crippen LogP contribution < -0.4 is 4.74 Å². The maximum atomic E-state index is 12.8. The molecule has 0 unspecified atom stereocenters. The molecule has 130 valence electrons. The van der Waals surface area contributed by atoms with Crippen LogP contribution in [0.2, 0.25) is 0 Å². The van der Waals surface area contributed by atoms with Crippen molar-refractivity contribution in [3.05, 3.63) is 59.9 Å². The summed E-state index contributed by atoms with van der Waals surface area (Å²) in [4.78, 5) is 32.4. The SMILES string of the molecule is COc1ccccc1[C@@H]1CN(C(=O)c2cccnc2)CCN1C(C)=O. The molecule has 2 aromatic rings. The molecule has 0 spiro atoms. The number of carbonyl (C=O) groups excluding carboxylic acids is 2. The highest BCUT2D eigenvalue weighted by molar-refractivity contribution is 5.94. The lowest BCUT2D eigenvalue weighted by Crippen LogP contribution is -2.51. The van der Waals surface area contributed by atoms with Crippen LogP contribution in [0.25, 0.3) is 0 Å². The van der Waals surface area contributed by atoms with Crippen LogP contribution in [0.4, 0.5) is 0 Å². The number of piperazine rings is 1. The van der Waals surface area contributed by atoms with E-state index >= 15 is 0 Å². The fourth-order valence-corrected chi connectivity index (χ4v) is 3.22. The van der Waals surface area contributed by atoms with Gasteiger partial charge in [0.25, 0.3) is 5.91 Å². The van der Waals surface area contributed by atoms with Crippen molar-refractivity contribution in [3.8, 4) is 5.75 Å². The van der Waals surface area contributed by atoms with E-state index in [1.807, 2.05) is 24.3 Å². The number of nitrogens with zero attached hydrogens (tertiary/aromatic N) is 3. The summed E-state index contributed by atoms with van der Waals surface area (Å²) in [5.74, 6) is 0.634. The van der Waals surface area contributed by atoms with E-state index in [1.54, 1.807) is 48.4 Å². The molecule has 2 amide bonds. The van der Waals surface area contributed by atoms with Crippen molar-refractivity contribution in [2.45, 2.75) is 13.0 Å². The molecule has 0 saturated carbocycles. The van der Waals surface area contributed by atoms with E-state index < -0.39 is 0 Å². The van der Waals surface area contributed by atoms with E-state index in [-0.39, 0.29) is 17.9 Å². The average Bonchev–Trinajstić information content (AvgIpc) is 2.67. The molecule has 3 rings (SSSR count). The molecule has 1 aromatic carbocycles. The number of aromatic nitrogens is 1. The molecule has 1 aliphatic rings. The summed E-state index contributed by atoms with van der Waals surface area (Å²) < 4.78 is 5.46. The first kappa shape index (κ1) is 17.0. The van der Waals surface area contributed by atoms with Crippen molar-refractivity contribution in [2.75, 3.05) is 26.7 Å². The van der Waals surface area contributed by atoms with Gasteiger partial charge >= 0.3 is 0 Å². The normalized spacial score (nSPS) is 17.3. The van der Waals surface area contributed by atoms with Gasteiger partial charge in [0.2, 0.25) is 5.91 Å². The summed E-state index contributed by atoms with van der Waals surface area (Å²) in [6, 6.07) is 10.9. The summed E-state index contributed by atoms with van der Waals surface area (Å²) in [6.45, 7) is 2.97. The first-order chi connectivity index (χ1) is 12.1. The Bertz CT molecular complexity index is 764. The molecular formula is C19H21N3O3. The van der Waals surface area contributed by atoms with Gasteiger partial charge in [-0.3, -0.25) is 14.6 Å². The molecule has 6 heteroatoms. The van der Waals surface area contributed by atoms with Gasteiger partial charge in [0.1, 0.15) is 5.75 Å². The molecule has 0 N–H and O–H groups in total. The summed E-state index contributed by atoms with van der Waals surface area (Å²) in [6.07, 6.45) is 3.21. The molecule has 0 bridgehead atoms. The number of methoxy groups -OCH3 is 1. The zero-order valence-corrected chi connectivity index (χ0v) is 14.4. The quantitative estimate of drug-likeness (QED) is 0.859. The Morgan fingerprint density at radius 1 is 1.16 bits per heavy atom. The fraction of sp³-hybridized carbons (Fsp3) is 0.316. The largest absolute Gasteiger partial charge is 0.496 e. The number of para-hydroxylation sites is 1. The number of pyridine rings is 1. The second kappa shape index (κ2) is 7.34. The number of ether oxygens (including phenoxy) is 1. The number of benzene rings is 1. The molecule has 1 aliphatic heterocycles. The number of amides is 2. The van der Waals surface area contributed by atoms with Crippen LogP contribution in [0, 0.1) is 0 Å². The third kappa shape index (κ3) is 3.47. The van der Waals surface area contributed by atoms with Crippen molar-refractivity contribution in [1.82, 2.24) is 14.8 Å². The molecule has 1 fully saturated rings. The molecule has 25 heavy (non-hydrogen) atoms. The Labute approximate surface area is 147 Å². The molecule has 0 radical (unpaired) electrons. The smallest absolute Gasteiger partial charge is 0.255 e. The maximum absolute atomic E-state index is 12.8. The summed E-state index contributed by atoms with van der Waals surface area (Å²) in [5.41, 5.74) is 1.46. The van der Waals surface area contributed by atoms with Crippen LogP contribution in [0.1, 0.15) is 28.9 Å². The first-order valence-electron chi connectivity index (χ1n) is 8.21. The first-order valence-corrected chi connectivity index (χ1v) is 8.21. The van der Waals surface area contributed by atoms with Gasteiger partial charge in [0.15, 0.2) is 0 Å². The van der Waals surface area contributed by atoms with Gasteiger partial charge in [-0.25, -0.2) is 0 Å². The number of hydrogen-bond acceptors (Lipinski definition) is 4. The minimum absolute atomic E-state index is 0.00983. The van der Waals surface area contributed by atoms with Gasteiger partial charge in [-0.2, -0.15) is 0 Å². The van der Waals surface area contributed by atoms with E-state index in [0.29, 0.717) is 25.2 Å². The maximum Gasteiger partial charge on any atom is 0.255 e. The minimum atomic E-state index is -0.233. The number of hydrogen-bond donors (Lipinski definition) is 0. The van der Waals surface area contributed by atoms with Crippen LogP contribution >= 0.6 is 0 Å². The Morgan fingerprint density at radius 2 is 1.96 bits per heavy atom. The fourth-order valence-electron chi connectivity index (χ4n) is 3.22. The van der Waals surface area contributed by atoms with Crippen LogP contribution in [-0.2, 0) is 4.79 Å². The van der Waals surface area contributed by atoms with Crippen molar-refractivity contribution < 1.29 is 14.3 Å². The van der Waals surface area contributed by atoms with Gasteiger partial charge < -0.3 is 14.5 Å². The van der Waals surface area contributed by atoms with Crippen LogP contribution in [-0.4, -0.2) is 53.3 Å². The van der Waals surface area contributed by atoms with Gasteiger partial charge in [-0.05, 0) is 18.2 Å². The van der Waals surface area contributed by atoms with Gasteiger partial charge in [-0.15, -0.1) is 0 Å². The third-order valence-electron chi connectivity index (χ3n) is 4.48. The van der Waals surface area contributed by atoms with Crippen molar-refractivity contribution in [1.29, 1.82) is 0 Å². The van der Waals surface area contributed by atoms with Gasteiger partial charge in [0.05, 0.1) is 18.7 Å². The molecule has 1 aromatic heterocycles. The van der Waals surface area contributed by atoms with Gasteiger partial charge in [0, 0.05) is 44.5 Å². The topological polar surface area (TPSA) is 62.7 Å². The molecule has 1 atom stereocenters. The highest BCUT2D eigenvalue weighted by Crippen LogP contribution is 2.32. The second-order valence-electron chi connectivity index (χ2n) is 5.96. The number of rotatable bonds is 3. The number of carbonyl (C=O) groups is 2. The van der Waals surface area contributed by atoms with Crippen molar-refractivity contribution in [3.63, 3.8) is 0 Å². The molecule has 0 aliphatic carbocycles. The van der Waals surface area contributed by atoms with Crippen LogP contribution in [0.5, 0.6) is 5.75 Å². The van der Waals surface area contributed by atoms with E-state index in [4.69, 9.17) is 4.74 Å². The Kier molecular flexibility index (Phi) is 4.97. The van der Waals surface area contributed by atoms with Crippen LogP contribution in [0.3, 0.4) is 0 Å². The highest BCUT2D eigenvalue weighted by Gasteiger charge is 2.33. The van der Waals surface area contributed by atoms with Crippen molar-refractivity contribution in [2.24, 2.45) is 0 Å². The van der Waals surface area contributed by atoms with Crippen LogP contribution in [0.15, 0.2) is 48.8 Å². The van der Waals surface area contributed by atoms with Gasteiger partial charge in [-0.1, -0.05) is 18.2 Å². The average molecular weight is 339 g/mol. The second-order valence-corrected chi connectivity index (χ2v) is 5.96. The van der Waals surface area contributed by atoms with E-state index in [0.717, 1.165) is 11.3 Å². The van der Waals surface area contributed by atoms with Crippen molar-refractivity contribution >= 4 is 11.8 Å². The zero-order valence-electron chi connectivity index (χ0n) is 14.4. The van der Waals surface area contributed by atoms with E-state index in [2.05, 4.69) is 4.98 Å².